The highest BCUT2D eigenvalue weighted by Gasteiger charge is 2.44. The lowest BCUT2D eigenvalue weighted by molar-refractivity contribution is -0.140. The molecule has 2 fully saturated rings. The van der Waals surface area contributed by atoms with Crippen molar-refractivity contribution in [3.8, 4) is 16.9 Å². The fraction of sp³-hybridized carbons (Fsp3) is 0.435. The van der Waals surface area contributed by atoms with Crippen LogP contribution in [0.3, 0.4) is 0 Å². The lowest BCUT2D eigenvalue weighted by atomic mass is 9.79. The molecule has 2 aliphatic rings. The molecule has 1 amide bonds. The van der Waals surface area contributed by atoms with Crippen molar-refractivity contribution in [1.82, 2.24) is 10.2 Å². The zero-order valence-corrected chi connectivity index (χ0v) is 16.0. The molecule has 0 unspecified atom stereocenters. The Morgan fingerprint density at radius 3 is 2.70 bits per heavy atom. The fourth-order valence-corrected chi connectivity index (χ4v) is 4.53. The minimum absolute atomic E-state index is 0.302. The van der Waals surface area contributed by atoms with E-state index in [-0.39, 0.29) is 5.41 Å². The number of rotatable bonds is 5. The molecular weight excluding hydrogens is 336 g/mol. The van der Waals surface area contributed by atoms with Crippen molar-refractivity contribution in [2.45, 2.75) is 25.7 Å². The Kier molecular flexibility index (Phi) is 5.17. The molecule has 2 aliphatic heterocycles. The van der Waals surface area contributed by atoms with Crippen molar-refractivity contribution >= 4 is 5.91 Å². The Bertz CT molecular complexity index is 806. The molecule has 0 spiro atoms. The Labute approximate surface area is 161 Å². The molecule has 27 heavy (non-hydrogen) atoms. The number of hydrogen-bond donors (Lipinski definition) is 1. The van der Waals surface area contributed by atoms with E-state index in [1.54, 1.807) is 7.11 Å². The Hall–Kier alpha value is -2.33. The molecule has 2 saturated heterocycles. The van der Waals surface area contributed by atoms with Gasteiger partial charge in [-0.25, -0.2) is 0 Å². The summed E-state index contributed by atoms with van der Waals surface area (Å²) >= 11 is 0. The van der Waals surface area contributed by atoms with E-state index in [4.69, 9.17) is 4.74 Å². The molecular formula is C23H28N2O2. The van der Waals surface area contributed by atoms with Crippen molar-refractivity contribution < 1.29 is 9.53 Å². The van der Waals surface area contributed by atoms with Crippen molar-refractivity contribution in [3.05, 3.63) is 54.1 Å². The van der Waals surface area contributed by atoms with Crippen LogP contribution in [0, 0.1) is 5.41 Å². The molecule has 1 atom stereocenters. The standard InChI is InChI=1S/C23H28N2O2/c1-27-21-10-3-2-9-20(21)19-8-6-7-18(15-19)16-23(11-12-24-17-23)22(26)25-13-4-5-14-25/h2-3,6-10,15,24H,4-5,11-14,16-17H2,1H3/t23-/m1/s1. The van der Waals surface area contributed by atoms with E-state index in [0.717, 1.165) is 68.7 Å². The second kappa shape index (κ2) is 7.73. The summed E-state index contributed by atoms with van der Waals surface area (Å²) in [5.41, 5.74) is 3.14. The summed E-state index contributed by atoms with van der Waals surface area (Å²) in [6.45, 7) is 3.54. The van der Waals surface area contributed by atoms with Gasteiger partial charge in [-0.1, -0.05) is 42.5 Å². The van der Waals surface area contributed by atoms with Crippen LogP contribution >= 0.6 is 0 Å². The normalized spacial score (nSPS) is 22.2. The molecule has 4 rings (SSSR count). The number of hydrogen-bond acceptors (Lipinski definition) is 3. The van der Waals surface area contributed by atoms with E-state index in [0.29, 0.717) is 5.91 Å². The third-order valence-electron chi connectivity index (χ3n) is 5.98. The van der Waals surface area contributed by atoms with Crippen LogP contribution in [-0.2, 0) is 11.2 Å². The Balaban J connectivity index is 1.62. The number of methoxy groups -OCH3 is 1. The Morgan fingerprint density at radius 2 is 1.96 bits per heavy atom. The molecule has 2 aromatic rings. The van der Waals surface area contributed by atoms with Gasteiger partial charge in [0.1, 0.15) is 5.75 Å². The largest absolute Gasteiger partial charge is 0.496 e. The SMILES string of the molecule is COc1ccccc1-c1cccc(C[C@]2(C(=O)N3CCCC3)CCNC2)c1. The van der Waals surface area contributed by atoms with Gasteiger partial charge in [-0.3, -0.25) is 4.79 Å². The molecule has 4 heteroatoms. The summed E-state index contributed by atoms with van der Waals surface area (Å²) in [4.78, 5) is 15.4. The fourth-order valence-electron chi connectivity index (χ4n) is 4.53. The first-order chi connectivity index (χ1) is 13.2. The molecule has 0 bridgehead atoms. The zero-order valence-electron chi connectivity index (χ0n) is 16.0. The maximum Gasteiger partial charge on any atom is 0.230 e. The Morgan fingerprint density at radius 1 is 1.15 bits per heavy atom. The summed E-state index contributed by atoms with van der Waals surface area (Å²) in [6.07, 6.45) is 3.98. The van der Waals surface area contributed by atoms with Crippen molar-refractivity contribution in [2.75, 3.05) is 33.3 Å². The van der Waals surface area contributed by atoms with Crippen molar-refractivity contribution in [1.29, 1.82) is 0 Å². The highest BCUT2D eigenvalue weighted by atomic mass is 16.5. The summed E-state index contributed by atoms with van der Waals surface area (Å²) < 4.78 is 5.53. The number of para-hydroxylation sites is 1. The number of carbonyl (C=O) groups is 1. The number of ether oxygens (including phenoxy) is 1. The van der Waals surface area contributed by atoms with Gasteiger partial charge in [0, 0.05) is 25.2 Å². The van der Waals surface area contributed by atoms with Crippen LogP contribution in [0.4, 0.5) is 0 Å². The average molecular weight is 364 g/mol. The van der Waals surface area contributed by atoms with E-state index in [2.05, 4.69) is 40.5 Å². The highest BCUT2D eigenvalue weighted by Crippen LogP contribution is 2.36. The first kappa shape index (κ1) is 18.1. The number of amides is 1. The van der Waals surface area contributed by atoms with Gasteiger partial charge in [0.2, 0.25) is 5.91 Å². The number of likely N-dealkylation sites (tertiary alicyclic amines) is 1. The number of nitrogens with one attached hydrogen (secondary N) is 1. The van der Waals surface area contributed by atoms with E-state index in [1.165, 1.54) is 5.56 Å². The van der Waals surface area contributed by atoms with Crippen molar-refractivity contribution in [2.24, 2.45) is 5.41 Å². The molecule has 0 aromatic heterocycles. The number of nitrogens with zero attached hydrogens (tertiary/aromatic N) is 1. The van der Waals surface area contributed by atoms with Gasteiger partial charge in [-0.15, -0.1) is 0 Å². The molecule has 0 aliphatic carbocycles. The zero-order chi connectivity index (χ0) is 18.7. The van der Waals surface area contributed by atoms with Gasteiger partial charge in [-0.2, -0.15) is 0 Å². The summed E-state index contributed by atoms with van der Waals surface area (Å²) in [5, 5.41) is 3.43. The van der Waals surface area contributed by atoms with Gasteiger partial charge in [0.25, 0.3) is 0 Å². The highest BCUT2D eigenvalue weighted by molar-refractivity contribution is 5.84. The van der Waals surface area contributed by atoms with Crippen LogP contribution in [0.15, 0.2) is 48.5 Å². The topological polar surface area (TPSA) is 41.6 Å². The third-order valence-corrected chi connectivity index (χ3v) is 5.98. The minimum atomic E-state index is -0.302. The van der Waals surface area contributed by atoms with Crippen LogP contribution in [0.1, 0.15) is 24.8 Å². The van der Waals surface area contributed by atoms with Gasteiger partial charge >= 0.3 is 0 Å². The molecule has 0 saturated carbocycles. The molecule has 0 radical (unpaired) electrons. The van der Waals surface area contributed by atoms with E-state index >= 15 is 0 Å². The first-order valence-corrected chi connectivity index (χ1v) is 9.94. The van der Waals surface area contributed by atoms with E-state index < -0.39 is 0 Å². The number of carbonyl (C=O) groups excluding carboxylic acids is 1. The third kappa shape index (κ3) is 3.59. The molecule has 2 heterocycles. The summed E-state index contributed by atoms with van der Waals surface area (Å²) in [6, 6.07) is 16.7. The van der Waals surface area contributed by atoms with Crippen LogP contribution in [0.5, 0.6) is 5.75 Å². The van der Waals surface area contributed by atoms with Crippen LogP contribution in [0.25, 0.3) is 11.1 Å². The summed E-state index contributed by atoms with van der Waals surface area (Å²) in [5.74, 6) is 1.22. The quantitative estimate of drug-likeness (QED) is 0.883. The van der Waals surface area contributed by atoms with E-state index in [9.17, 15) is 4.79 Å². The maximum absolute atomic E-state index is 13.3. The van der Waals surface area contributed by atoms with Gasteiger partial charge in [0.15, 0.2) is 0 Å². The predicted molar refractivity (Wildman–Crippen MR) is 108 cm³/mol. The minimum Gasteiger partial charge on any atom is -0.496 e. The van der Waals surface area contributed by atoms with Gasteiger partial charge in [-0.05, 0) is 49.4 Å². The van der Waals surface area contributed by atoms with Crippen LogP contribution in [-0.4, -0.2) is 44.1 Å². The molecule has 142 valence electrons. The lowest BCUT2D eigenvalue weighted by Gasteiger charge is -2.32. The maximum atomic E-state index is 13.3. The second-order valence-electron chi connectivity index (χ2n) is 7.78. The molecule has 1 N–H and O–H groups in total. The monoisotopic (exact) mass is 364 g/mol. The second-order valence-corrected chi connectivity index (χ2v) is 7.78. The van der Waals surface area contributed by atoms with Gasteiger partial charge < -0.3 is 15.0 Å². The average Bonchev–Trinajstić information content (AvgIpc) is 3.40. The summed E-state index contributed by atoms with van der Waals surface area (Å²) in [7, 11) is 1.70. The van der Waals surface area contributed by atoms with Crippen LogP contribution in [0.2, 0.25) is 0 Å². The smallest absolute Gasteiger partial charge is 0.230 e. The first-order valence-electron chi connectivity index (χ1n) is 9.94. The lowest BCUT2D eigenvalue weighted by Crippen LogP contribution is -2.45. The molecule has 4 nitrogen and oxygen atoms in total. The molecule has 2 aromatic carbocycles. The van der Waals surface area contributed by atoms with Gasteiger partial charge in [0.05, 0.1) is 12.5 Å². The van der Waals surface area contributed by atoms with Crippen LogP contribution < -0.4 is 10.1 Å². The van der Waals surface area contributed by atoms with E-state index in [1.807, 2.05) is 18.2 Å². The predicted octanol–water partition coefficient (Wildman–Crippen LogP) is 3.51. The number of benzene rings is 2. The van der Waals surface area contributed by atoms with Crippen molar-refractivity contribution in [3.63, 3.8) is 0 Å².